The third kappa shape index (κ3) is 67.9. The van der Waals surface area contributed by atoms with Crippen LogP contribution in [0, 0.1) is 0 Å². The van der Waals surface area contributed by atoms with Crippen molar-refractivity contribution in [3.05, 3.63) is 60.8 Å². The molecular weight excluding hydrogens is 1010 g/mol. The summed E-state index contributed by atoms with van der Waals surface area (Å²) in [5, 5.41) is 0. The molecule has 0 amide bonds. The third-order valence-electron chi connectivity index (χ3n) is 16.3. The van der Waals surface area contributed by atoms with Gasteiger partial charge in [0.15, 0.2) is 6.10 Å². The summed E-state index contributed by atoms with van der Waals surface area (Å²) in [5.74, 6) is -0.864. The number of carbonyl (C=O) groups is 3. The predicted octanol–water partition coefficient (Wildman–Crippen LogP) is 25.1. The zero-order valence-electron chi connectivity index (χ0n) is 55.0. The highest BCUT2D eigenvalue weighted by atomic mass is 16.6. The monoisotopic (exact) mass is 1150 g/mol. The van der Waals surface area contributed by atoms with Crippen molar-refractivity contribution >= 4 is 17.9 Å². The minimum atomic E-state index is -0.780. The molecule has 0 aromatic carbocycles. The highest BCUT2D eigenvalue weighted by Crippen LogP contribution is 2.19. The van der Waals surface area contributed by atoms with Crippen LogP contribution in [-0.2, 0) is 28.6 Å². The van der Waals surface area contributed by atoms with E-state index in [2.05, 4.69) is 81.5 Å². The molecule has 6 heteroatoms. The number of unbranched alkanes of at least 4 members (excludes halogenated alkanes) is 46. The lowest BCUT2D eigenvalue weighted by Crippen LogP contribution is -2.30. The summed E-state index contributed by atoms with van der Waals surface area (Å²) in [6, 6.07) is 0. The van der Waals surface area contributed by atoms with E-state index in [-0.39, 0.29) is 31.1 Å². The van der Waals surface area contributed by atoms with Crippen molar-refractivity contribution in [2.24, 2.45) is 0 Å². The predicted molar refractivity (Wildman–Crippen MR) is 358 cm³/mol. The van der Waals surface area contributed by atoms with Gasteiger partial charge in [0.2, 0.25) is 0 Å². The number of rotatable bonds is 67. The smallest absolute Gasteiger partial charge is 0.306 e. The minimum Gasteiger partial charge on any atom is -0.462 e. The second kappa shape index (κ2) is 70.6. The van der Waals surface area contributed by atoms with Gasteiger partial charge < -0.3 is 14.2 Å². The minimum absolute atomic E-state index is 0.0744. The number of esters is 3. The van der Waals surface area contributed by atoms with Crippen LogP contribution in [0.15, 0.2) is 60.8 Å². The van der Waals surface area contributed by atoms with Crippen LogP contribution in [0.25, 0.3) is 0 Å². The average molecular weight is 1150 g/mol. The van der Waals surface area contributed by atoms with Gasteiger partial charge in [-0.05, 0) is 83.5 Å². The molecule has 0 N–H and O–H groups in total. The fraction of sp³-hybridized carbons (Fsp3) is 0.829. The zero-order valence-corrected chi connectivity index (χ0v) is 55.0. The van der Waals surface area contributed by atoms with Crippen LogP contribution in [0.3, 0.4) is 0 Å². The van der Waals surface area contributed by atoms with Crippen molar-refractivity contribution in [2.75, 3.05) is 13.2 Å². The Morgan fingerprint density at radius 1 is 0.256 bits per heavy atom. The molecule has 0 fully saturated rings. The van der Waals surface area contributed by atoms with Gasteiger partial charge in [0, 0.05) is 19.3 Å². The van der Waals surface area contributed by atoms with Gasteiger partial charge in [-0.3, -0.25) is 14.4 Å². The molecule has 0 saturated carbocycles. The highest BCUT2D eigenvalue weighted by molar-refractivity contribution is 5.71. The Balaban J connectivity index is 4.22. The van der Waals surface area contributed by atoms with E-state index in [0.717, 1.165) is 89.9 Å². The maximum absolute atomic E-state index is 13.0. The first-order valence-electron chi connectivity index (χ1n) is 36.3. The van der Waals surface area contributed by atoms with Crippen molar-refractivity contribution in [3.8, 4) is 0 Å². The van der Waals surface area contributed by atoms with Gasteiger partial charge in [0.05, 0.1) is 0 Å². The molecule has 0 spiro atoms. The van der Waals surface area contributed by atoms with E-state index in [1.165, 1.54) is 257 Å². The van der Waals surface area contributed by atoms with E-state index in [9.17, 15) is 14.4 Å². The second-order valence-corrected chi connectivity index (χ2v) is 24.5. The van der Waals surface area contributed by atoms with Gasteiger partial charge in [-0.2, -0.15) is 0 Å². The Kier molecular flexibility index (Phi) is 68.1. The molecular formula is C76H138O6. The maximum atomic E-state index is 13.0. The van der Waals surface area contributed by atoms with E-state index in [0.29, 0.717) is 19.3 Å². The van der Waals surface area contributed by atoms with Crippen LogP contribution in [0.1, 0.15) is 387 Å². The van der Waals surface area contributed by atoms with Crippen molar-refractivity contribution < 1.29 is 28.6 Å². The van der Waals surface area contributed by atoms with E-state index in [1.807, 2.05) is 0 Å². The quantitative estimate of drug-likeness (QED) is 0.0261. The second-order valence-electron chi connectivity index (χ2n) is 24.5. The topological polar surface area (TPSA) is 78.9 Å². The highest BCUT2D eigenvalue weighted by Gasteiger charge is 2.19. The summed E-state index contributed by atoms with van der Waals surface area (Å²) in [7, 11) is 0. The van der Waals surface area contributed by atoms with Crippen molar-refractivity contribution in [1.82, 2.24) is 0 Å². The number of ether oxygens (including phenoxy) is 3. The number of hydrogen-bond donors (Lipinski definition) is 0. The van der Waals surface area contributed by atoms with E-state index >= 15 is 0 Å². The van der Waals surface area contributed by atoms with Crippen LogP contribution < -0.4 is 0 Å². The summed E-state index contributed by atoms with van der Waals surface area (Å²) in [6.07, 6.45) is 91.2. The molecule has 0 heterocycles. The molecule has 6 nitrogen and oxygen atoms in total. The van der Waals surface area contributed by atoms with Gasteiger partial charge >= 0.3 is 17.9 Å². The summed E-state index contributed by atoms with van der Waals surface area (Å²) in [5.41, 5.74) is 0. The fourth-order valence-corrected chi connectivity index (χ4v) is 10.8. The number of carbonyl (C=O) groups excluding carboxylic acids is 3. The molecule has 0 aliphatic heterocycles. The van der Waals surface area contributed by atoms with Crippen LogP contribution >= 0.6 is 0 Å². The number of allylic oxidation sites excluding steroid dienone is 10. The molecule has 82 heavy (non-hydrogen) atoms. The van der Waals surface area contributed by atoms with Crippen LogP contribution in [-0.4, -0.2) is 37.2 Å². The van der Waals surface area contributed by atoms with Crippen molar-refractivity contribution in [2.45, 2.75) is 393 Å². The fourth-order valence-electron chi connectivity index (χ4n) is 10.8. The largest absolute Gasteiger partial charge is 0.462 e. The Morgan fingerprint density at radius 3 is 0.768 bits per heavy atom. The molecule has 0 aromatic heterocycles. The summed E-state index contributed by atoms with van der Waals surface area (Å²) in [4.78, 5) is 38.4. The van der Waals surface area contributed by atoms with Crippen molar-refractivity contribution in [3.63, 3.8) is 0 Å². The van der Waals surface area contributed by atoms with Gasteiger partial charge in [-0.15, -0.1) is 0 Å². The SMILES string of the molecule is CC/C=C\C/C=C\C/C=C\C/C=C\CCCCCCCCCCCCC(=O)OC(COC(=O)CCCCCCC/C=C\CCCCCC)COC(=O)CCCCCCCCCCCCCCCCCCCCCCCCCCCCCC. The first kappa shape index (κ1) is 79.1. The third-order valence-corrected chi connectivity index (χ3v) is 16.3. The first-order valence-corrected chi connectivity index (χ1v) is 36.3. The van der Waals surface area contributed by atoms with Crippen molar-refractivity contribution in [1.29, 1.82) is 0 Å². The molecule has 0 radical (unpaired) electrons. The van der Waals surface area contributed by atoms with Gasteiger partial charge in [-0.1, -0.05) is 345 Å². The summed E-state index contributed by atoms with van der Waals surface area (Å²) < 4.78 is 17.0. The van der Waals surface area contributed by atoms with Gasteiger partial charge in [0.25, 0.3) is 0 Å². The lowest BCUT2D eigenvalue weighted by Gasteiger charge is -2.18. The maximum Gasteiger partial charge on any atom is 0.306 e. The molecule has 0 bridgehead atoms. The molecule has 0 saturated heterocycles. The molecule has 1 unspecified atom stereocenters. The standard InChI is InChI=1S/C76H138O6/c1-4-7-10-13-16-19-22-25-27-29-31-33-35-36-37-38-39-41-42-44-46-48-51-54-57-60-63-66-69-75(78)81-72-73(71-80-74(77)68-65-62-59-56-53-50-24-21-18-15-12-9-6-3)82-76(79)70-67-64-61-58-55-52-49-47-45-43-40-34-32-30-28-26-23-20-17-14-11-8-5-2/h8,11,17,20-21,24,26,28,32,34,73H,4-7,9-10,12-16,18-19,22-23,25,27,29-31,33,35-72H2,1-3H3/b11-8-,20-17-,24-21-,28-26-,34-32-. The molecule has 1 atom stereocenters. The lowest BCUT2D eigenvalue weighted by molar-refractivity contribution is -0.167. The summed E-state index contributed by atoms with van der Waals surface area (Å²) in [6.45, 7) is 6.57. The molecule has 0 rings (SSSR count). The summed E-state index contributed by atoms with van der Waals surface area (Å²) >= 11 is 0. The van der Waals surface area contributed by atoms with Crippen LogP contribution in [0.2, 0.25) is 0 Å². The first-order chi connectivity index (χ1) is 40.5. The Morgan fingerprint density at radius 2 is 0.476 bits per heavy atom. The average Bonchev–Trinajstić information content (AvgIpc) is 3.47. The van der Waals surface area contributed by atoms with Crippen LogP contribution in [0.5, 0.6) is 0 Å². The Labute approximate surface area is 510 Å². The van der Waals surface area contributed by atoms with E-state index < -0.39 is 6.10 Å². The Bertz CT molecular complexity index is 1460. The van der Waals surface area contributed by atoms with Gasteiger partial charge in [-0.25, -0.2) is 0 Å². The lowest BCUT2D eigenvalue weighted by atomic mass is 10.0. The number of hydrogen-bond acceptors (Lipinski definition) is 6. The van der Waals surface area contributed by atoms with Crippen LogP contribution in [0.4, 0.5) is 0 Å². The molecule has 478 valence electrons. The molecule has 0 aliphatic rings. The molecule has 0 aromatic rings. The normalized spacial score (nSPS) is 12.4. The zero-order chi connectivity index (χ0) is 59.2. The molecule has 0 aliphatic carbocycles. The Hall–Kier alpha value is -2.89. The van der Waals surface area contributed by atoms with E-state index in [1.54, 1.807) is 0 Å². The van der Waals surface area contributed by atoms with E-state index in [4.69, 9.17) is 14.2 Å². The van der Waals surface area contributed by atoms with Gasteiger partial charge in [0.1, 0.15) is 13.2 Å².